The summed E-state index contributed by atoms with van der Waals surface area (Å²) in [5, 5.41) is 9.80. The van der Waals surface area contributed by atoms with Gasteiger partial charge in [0.05, 0.1) is 13.7 Å². The summed E-state index contributed by atoms with van der Waals surface area (Å²) in [7, 11) is 1.67. The number of nitrogens with zero attached hydrogens (tertiary/aromatic N) is 3. The van der Waals surface area contributed by atoms with Gasteiger partial charge in [-0.2, -0.15) is 0 Å². The van der Waals surface area contributed by atoms with Gasteiger partial charge in [0.25, 0.3) is 0 Å². The van der Waals surface area contributed by atoms with Crippen molar-refractivity contribution in [3.8, 4) is 17.2 Å². The highest BCUT2D eigenvalue weighted by Crippen LogP contribution is 2.25. The maximum Gasteiger partial charge on any atom is 0.195 e. The second-order valence-electron chi connectivity index (χ2n) is 6.60. The smallest absolute Gasteiger partial charge is 0.195 e. The van der Waals surface area contributed by atoms with E-state index in [0.717, 1.165) is 33.9 Å². The molecule has 0 saturated heterocycles. The summed E-state index contributed by atoms with van der Waals surface area (Å²) >= 11 is 1.64. The van der Waals surface area contributed by atoms with E-state index in [1.165, 1.54) is 5.56 Å². The molecule has 1 aromatic heterocycles. The molecule has 0 unspecified atom stereocenters. The van der Waals surface area contributed by atoms with Crippen molar-refractivity contribution in [1.82, 2.24) is 14.8 Å². The summed E-state index contributed by atoms with van der Waals surface area (Å²) in [5.41, 5.74) is 2.21. The van der Waals surface area contributed by atoms with Gasteiger partial charge in [-0.05, 0) is 42.0 Å². The molecule has 0 saturated carbocycles. The molecule has 3 aromatic carbocycles. The number of rotatable bonds is 9. The highest BCUT2D eigenvalue weighted by atomic mass is 32.2. The maximum absolute atomic E-state index is 5.81. The van der Waals surface area contributed by atoms with Gasteiger partial charge in [0.1, 0.15) is 17.3 Å². The Kier molecular flexibility index (Phi) is 6.67. The average molecular weight is 418 g/mol. The second kappa shape index (κ2) is 9.98. The third kappa shape index (κ3) is 5.02. The lowest BCUT2D eigenvalue weighted by Gasteiger charge is -2.11. The van der Waals surface area contributed by atoms with Gasteiger partial charge in [0.2, 0.25) is 0 Å². The fourth-order valence-electron chi connectivity index (χ4n) is 3.09. The molecule has 0 atom stereocenters. The first-order chi connectivity index (χ1) is 14.8. The minimum Gasteiger partial charge on any atom is -0.497 e. The van der Waals surface area contributed by atoms with Crippen LogP contribution in [0.25, 0.3) is 5.69 Å². The molecule has 6 heteroatoms. The molecular weight excluding hydrogens is 394 g/mol. The number of para-hydroxylation sites is 1. The Labute approximate surface area is 180 Å². The van der Waals surface area contributed by atoms with Gasteiger partial charge in [-0.15, -0.1) is 10.2 Å². The normalized spacial score (nSPS) is 10.7. The van der Waals surface area contributed by atoms with Crippen LogP contribution in [0, 0.1) is 0 Å². The Balaban J connectivity index is 1.52. The van der Waals surface area contributed by atoms with Crippen LogP contribution in [0.2, 0.25) is 0 Å². The molecule has 0 amide bonds. The van der Waals surface area contributed by atoms with Crippen molar-refractivity contribution in [1.29, 1.82) is 0 Å². The first-order valence-corrected chi connectivity index (χ1v) is 10.8. The molecule has 0 radical (unpaired) electrons. The first-order valence-electron chi connectivity index (χ1n) is 9.77. The summed E-state index contributed by atoms with van der Waals surface area (Å²) in [5.74, 6) is 3.37. The van der Waals surface area contributed by atoms with Gasteiger partial charge in [-0.25, -0.2) is 0 Å². The molecule has 0 aliphatic rings. The lowest BCUT2D eigenvalue weighted by atomic mass is 10.1. The average Bonchev–Trinajstić information content (AvgIpc) is 3.20. The first kappa shape index (κ1) is 20.0. The van der Waals surface area contributed by atoms with Crippen molar-refractivity contribution in [3.63, 3.8) is 0 Å². The zero-order chi connectivity index (χ0) is 20.6. The molecule has 1 heterocycles. The highest BCUT2D eigenvalue weighted by molar-refractivity contribution is 7.99. The molecule has 4 aromatic rings. The van der Waals surface area contributed by atoms with E-state index in [1.807, 2.05) is 72.8 Å². The molecule has 152 valence electrons. The highest BCUT2D eigenvalue weighted by Gasteiger charge is 2.15. The lowest BCUT2D eigenvalue weighted by molar-refractivity contribution is 0.344. The van der Waals surface area contributed by atoms with Crippen molar-refractivity contribution < 1.29 is 9.47 Å². The monoisotopic (exact) mass is 417 g/mol. The Morgan fingerprint density at radius 3 is 2.20 bits per heavy atom. The summed E-state index contributed by atoms with van der Waals surface area (Å²) in [6, 6.07) is 28.1. The SMILES string of the molecule is COc1ccc(-n2c(Cc3ccccc3)nnc2SCCOc2ccccc2)cc1. The molecule has 0 fully saturated rings. The molecule has 5 nitrogen and oxygen atoms in total. The Morgan fingerprint density at radius 1 is 0.800 bits per heavy atom. The summed E-state index contributed by atoms with van der Waals surface area (Å²) in [4.78, 5) is 0. The third-order valence-corrected chi connectivity index (χ3v) is 5.46. The summed E-state index contributed by atoms with van der Waals surface area (Å²) < 4.78 is 13.2. The zero-order valence-corrected chi connectivity index (χ0v) is 17.6. The Bertz CT molecular complexity index is 1050. The van der Waals surface area contributed by atoms with Crippen LogP contribution >= 0.6 is 11.8 Å². The van der Waals surface area contributed by atoms with Crippen molar-refractivity contribution in [2.45, 2.75) is 11.6 Å². The minimum absolute atomic E-state index is 0.595. The van der Waals surface area contributed by atoms with E-state index >= 15 is 0 Å². The predicted molar refractivity (Wildman–Crippen MR) is 120 cm³/mol. The van der Waals surface area contributed by atoms with E-state index in [-0.39, 0.29) is 0 Å². The van der Waals surface area contributed by atoms with E-state index in [4.69, 9.17) is 9.47 Å². The molecule has 0 N–H and O–H groups in total. The van der Waals surface area contributed by atoms with E-state index < -0.39 is 0 Å². The van der Waals surface area contributed by atoms with Crippen LogP contribution in [0.1, 0.15) is 11.4 Å². The fraction of sp³-hybridized carbons (Fsp3) is 0.167. The number of hydrogen-bond acceptors (Lipinski definition) is 5. The number of thioether (sulfide) groups is 1. The standard InChI is InChI=1S/C24H23N3O2S/c1-28-21-14-12-20(13-15-21)27-23(18-19-8-4-2-5-9-19)25-26-24(27)30-17-16-29-22-10-6-3-7-11-22/h2-15H,16-18H2,1H3. The van der Waals surface area contributed by atoms with E-state index in [2.05, 4.69) is 26.9 Å². The van der Waals surface area contributed by atoms with Crippen LogP contribution < -0.4 is 9.47 Å². The van der Waals surface area contributed by atoms with Crippen LogP contribution in [-0.4, -0.2) is 34.2 Å². The molecule has 0 bridgehead atoms. The number of ether oxygens (including phenoxy) is 2. The predicted octanol–water partition coefficient (Wildman–Crippen LogP) is 5.04. The summed E-state index contributed by atoms with van der Waals surface area (Å²) in [6.45, 7) is 0.595. The maximum atomic E-state index is 5.81. The topological polar surface area (TPSA) is 49.2 Å². The van der Waals surface area contributed by atoms with Gasteiger partial charge < -0.3 is 9.47 Å². The third-order valence-electron chi connectivity index (χ3n) is 4.56. The van der Waals surface area contributed by atoms with Crippen molar-refractivity contribution in [2.75, 3.05) is 19.5 Å². The number of aromatic nitrogens is 3. The number of hydrogen-bond donors (Lipinski definition) is 0. The Morgan fingerprint density at radius 2 is 1.50 bits per heavy atom. The van der Waals surface area contributed by atoms with Crippen molar-refractivity contribution in [2.24, 2.45) is 0 Å². The fourth-order valence-corrected chi connectivity index (χ4v) is 3.87. The Hall–Kier alpha value is -3.25. The van der Waals surface area contributed by atoms with Crippen molar-refractivity contribution >= 4 is 11.8 Å². The van der Waals surface area contributed by atoms with Crippen LogP contribution in [0.5, 0.6) is 11.5 Å². The second-order valence-corrected chi connectivity index (χ2v) is 7.67. The molecule has 0 aliphatic carbocycles. The van der Waals surface area contributed by atoms with E-state index in [0.29, 0.717) is 13.0 Å². The number of benzene rings is 3. The van der Waals surface area contributed by atoms with Gasteiger partial charge in [-0.1, -0.05) is 60.3 Å². The van der Waals surface area contributed by atoms with E-state index in [1.54, 1.807) is 18.9 Å². The lowest BCUT2D eigenvalue weighted by Crippen LogP contribution is -2.05. The van der Waals surface area contributed by atoms with Gasteiger partial charge in [-0.3, -0.25) is 4.57 Å². The minimum atomic E-state index is 0.595. The molecule has 0 aliphatic heterocycles. The van der Waals surface area contributed by atoms with Crippen LogP contribution in [0.4, 0.5) is 0 Å². The van der Waals surface area contributed by atoms with Gasteiger partial charge in [0.15, 0.2) is 5.16 Å². The summed E-state index contributed by atoms with van der Waals surface area (Å²) in [6.07, 6.45) is 0.709. The molecular formula is C24H23N3O2S. The zero-order valence-electron chi connectivity index (χ0n) is 16.8. The van der Waals surface area contributed by atoms with E-state index in [9.17, 15) is 0 Å². The molecule has 4 rings (SSSR count). The largest absolute Gasteiger partial charge is 0.497 e. The van der Waals surface area contributed by atoms with Crippen LogP contribution in [0.15, 0.2) is 90.1 Å². The van der Waals surface area contributed by atoms with Crippen LogP contribution in [-0.2, 0) is 6.42 Å². The molecule has 0 spiro atoms. The van der Waals surface area contributed by atoms with Crippen LogP contribution in [0.3, 0.4) is 0 Å². The van der Waals surface area contributed by atoms with Gasteiger partial charge in [0, 0.05) is 17.9 Å². The number of methoxy groups -OCH3 is 1. The van der Waals surface area contributed by atoms with Gasteiger partial charge >= 0.3 is 0 Å². The molecule has 30 heavy (non-hydrogen) atoms. The quantitative estimate of drug-likeness (QED) is 0.282. The van der Waals surface area contributed by atoms with Crippen molar-refractivity contribution in [3.05, 3.63) is 96.3 Å².